The Morgan fingerprint density at radius 1 is 1.22 bits per heavy atom. The van der Waals surface area contributed by atoms with Gasteiger partial charge in [-0.3, -0.25) is 9.59 Å². The number of piperidine rings is 1. The molecule has 2 aromatic heterocycles. The molecule has 1 aliphatic rings. The molecule has 1 aromatic carbocycles. The molecule has 170 valence electrons. The highest BCUT2D eigenvalue weighted by molar-refractivity contribution is 5.78. The number of hydrogen-bond donors (Lipinski definition) is 1. The Kier molecular flexibility index (Phi) is 5.88. The molecule has 1 aliphatic heterocycles. The molecular formula is C24H32N6O2. The fourth-order valence-corrected chi connectivity index (χ4v) is 4.23. The van der Waals surface area contributed by atoms with Crippen LogP contribution in [0.5, 0.6) is 0 Å². The molecule has 3 aromatic rings. The molecule has 1 N–H and O–H groups in total. The summed E-state index contributed by atoms with van der Waals surface area (Å²) in [4.78, 5) is 34.7. The van der Waals surface area contributed by atoms with Crippen LogP contribution in [0.25, 0.3) is 11.2 Å². The molecule has 1 atom stereocenters. The minimum atomic E-state index is -0.286. The van der Waals surface area contributed by atoms with Crippen LogP contribution in [-0.4, -0.2) is 48.9 Å². The lowest BCUT2D eigenvalue weighted by atomic mass is 9.87. The van der Waals surface area contributed by atoms with Gasteiger partial charge in [0.25, 0.3) is 5.56 Å². The van der Waals surface area contributed by atoms with Crippen LogP contribution in [0.2, 0.25) is 0 Å². The first-order valence-corrected chi connectivity index (χ1v) is 11.3. The van der Waals surface area contributed by atoms with Crippen molar-refractivity contribution in [2.75, 3.05) is 13.1 Å². The van der Waals surface area contributed by atoms with Crippen molar-refractivity contribution in [3.8, 4) is 0 Å². The number of hydrogen-bond acceptors (Lipinski definition) is 5. The second-order valence-corrected chi connectivity index (χ2v) is 10.1. The summed E-state index contributed by atoms with van der Waals surface area (Å²) in [6, 6.07) is 8.42. The molecule has 8 heteroatoms. The van der Waals surface area contributed by atoms with Crippen LogP contribution in [0.4, 0.5) is 0 Å². The highest BCUT2D eigenvalue weighted by atomic mass is 16.2. The summed E-state index contributed by atoms with van der Waals surface area (Å²) in [5.74, 6) is 0.704. The monoisotopic (exact) mass is 436 g/mol. The van der Waals surface area contributed by atoms with E-state index in [-0.39, 0.29) is 34.2 Å². The molecule has 32 heavy (non-hydrogen) atoms. The molecule has 0 radical (unpaired) electrons. The smallest absolute Gasteiger partial charge is 0.281 e. The Bertz CT molecular complexity index is 1170. The van der Waals surface area contributed by atoms with Gasteiger partial charge in [0.05, 0.1) is 6.54 Å². The van der Waals surface area contributed by atoms with Crippen molar-refractivity contribution in [1.29, 1.82) is 0 Å². The number of H-pyrrole nitrogens is 1. The quantitative estimate of drug-likeness (QED) is 0.677. The normalized spacial score (nSPS) is 17.3. The van der Waals surface area contributed by atoms with Gasteiger partial charge in [0.1, 0.15) is 5.82 Å². The molecule has 1 fully saturated rings. The van der Waals surface area contributed by atoms with Gasteiger partial charge in [-0.2, -0.15) is 0 Å². The van der Waals surface area contributed by atoms with E-state index in [4.69, 9.17) is 4.98 Å². The van der Waals surface area contributed by atoms with Crippen LogP contribution in [0, 0.1) is 5.92 Å². The van der Waals surface area contributed by atoms with Crippen LogP contribution in [-0.2, 0) is 16.8 Å². The SMILES string of the molecule is CC(C)C(=O)N1CCCC(c2nc3c(nnn3Cc3ccc(C(C)(C)C)cc3)c(=O)[nH]2)C1. The van der Waals surface area contributed by atoms with Gasteiger partial charge in [0.15, 0.2) is 11.2 Å². The Morgan fingerprint density at radius 3 is 2.59 bits per heavy atom. The van der Waals surface area contributed by atoms with Gasteiger partial charge in [-0.25, -0.2) is 9.67 Å². The molecule has 0 aliphatic carbocycles. The number of amides is 1. The molecule has 8 nitrogen and oxygen atoms in total. The van der Waals surface area contributed by atoms with E-state index in [1.807, 2.05) is 18.7 Å². The lowest BCUT2D eigenvalue weighted by molar-refractivity contribution is -0.135. The van der Waals surface area contributed by atoms with Gasteiger partial charge in [-0.05, 0) is 29.4 Å². The number of rotatable bonds is 4. The second kappa shape index (κ2) is 8.48. The van der Waals surface area contributed by atoms with Gasteiger partial charge >= 0.3 is 0 Å². The van der Waals surface area contributed by atoms with E-state index in [1.54, 1.807) is 4.68 Å². The van der Waals surface area contributed by atoms with E-state index in [9.17, 15) is 9.59 Å². The van der Waals surface area contributed by atoms with E-state index in [0.717, 1.165) is 24.9 Å². The Labute approximate surface area is 188 Å². The number of carbonyl (C=O) groups is 1. The first-order chi connectivity index (χ1) is 15.1. The van der Waals surface area contributed by atoms with Crippen LogP contribution >= 0.6 is 0 Å². The molecule has 1 saturated heterocycles. The second-order valence-electron chi connectivity index (χ2n) is 10.1. The fraction of sp³-hybridized carbons (Fsp3) is 0.542. The number of aromatic nitrogens is 5. The van der Waals surface area contributed by atoms with Gasteiger partial charge in [-0.15, -0.1) is 5.10 Å². The predicted molar refractivity (Wildman–Crippen MR) is 124 cm³/mol. The lowest BCUT2D eigenvalue weighted by Gasteiger charge is -2.33. The zero-order valence-electron chi connectivity index (χ0n) is 19.6. The maximum Gasteiger partial charge on any atom is 0.281 e. The summed E-state index contributed by atoms with van der Waals surface area (Å²) < 4.78 is 1.68. The van der Waals surface area contributed by atoms with Crippen molar-refractivity contribution in [3.63, 3.8) is 0 Å². The van der Waals surface area contributed by atoms with Crippen molar-refractivity contribution in [3.05, 3.63) is 51.6 Å². The van der Waals surface area contributed by atoms with E-state index in [1.165, 1.54) is 5.56 Å². The zero-order valence-corrected chi connectivity index (χ0v) is 19.6. The van der Waals surface area contributed by atoms with Crippen LogP contribution < -0.4 is 5.56 Å². The highest BCUT2D eigenvalue weighted by Gasteiger charge is 2.28. The van der Waals surface area contributed by atoms with Crippen LogP contribution in [0.3, 0.4) is 0 Å². The number of likely N-dealkylation sites (tertiary alicyclic amines) is 1. The summed E-state index contributed by atoms with van der Waals surface area (Å²) in [6.07, 6.45) is 1.77. The topological polar surface area (TPSA) is 96.8 Å². The molecular weight excluding hydrogens is 404 g/mol. The maximum absolute atomic E-state index is 12.7. The lowest BCUT2D eigenvalue weighted by Crippen LogP contribution is -2.41. The third-order valence-corrected chi connectivity index (χ3v) is 6.16. The number of carbonyl (C=O) groups excluding carboxylic acids is 1. The number of aromatic amines is 1. The average Bonchev–Trinajstić information content (AvgIpc) is 3.16. The van der Waals surface area contributed by atoms with Crippen molar-refractivity contribution in [1.82, 2.24) is 29.9 Å². The van der Waals surface area contributed by atoms with Gasteiger partial charge in [0.2, 0.25) is 5.91 Å². The number of nitrogens with one attached hydrogen (secondary N) is 1. The highest BCUT2D eigenvalue weighted by Crippen LogP contribution is 2.26. The van der Waals surface area contributed by atoms with Crippen molar-refractivity contribution >= 4 is 17.1 Å². The summed E-state index contributed by atoms with van der Waals surface area (Å²) in [5, 5.41) is 8.26. The van der Waals surface area contributed by atoms with E-state index in [2.05, 4.69) is 60.3 Å². The van der Waals surface area contributed by atoms with E-state index < -0.39 is 0 Å². The largest absolute Gasteiger partial charge is 0.342 e. The first-order valence-electron chi connectivity index (χ1n) is 11.3. The standard InChI is InChI=1S/C24H32N6O2/c1-15(2)23(32)29-12-6-7-17(14-29)20-25-21-19(22(31)26-20)27-28-30(21)13-16-8-10-18(11-9-16)24(3,4)5/h8-11,15,17H,6-7,12-14H2,1-5H3,(H,25,26,31). The molecule has 0 bridgehead atoms. The Balaban J connectivity index is 1.61. The van der Waals surface area contributed by atoms with E-state index in [0.29, 0.717) is 24.6 Å². The zero-order chi connectivity index (χ0) is 23.0. The Morgan fingerprint density at radius 2 is 1.94 bits per heavy atom. The van der Waals surface area contributed by atoms with Crippen LogP contribution in [0.15, 0.2) is 29.1 Å². The van der Waals surface area contributed by atoms with Gasteiger partial charge < -0.3 is 9.88 Å². The number of nitrogens with zero attached hydrogens (tertiary/aromatic N) is 5. The van der Waals surface area contributed by atoms with Gasteiger partial charge in [0, 0.05) is 24.9 Å². The summed E-state index contributed by atoms with van der Waals surface area (Å²) >= 11 is 0. The van der Waals surface area contributed by atoms with Crippen LogP contribution in [0.1, 0.15) is 70.3 Å². The molecule has 0 spiro atoms. The van der Waals surface area contributed by atoms with Crippen molar-refractivity contribution in [2.45, 2.75) is 65.3 Å². The average molecular weight is 437 g/mol. The summed E-state index contributed by atoms with van der Waals surface area (Å²) in [7, 11) is 0. The maximum atomic E-state index is 12.7. The number of benzene rings is 1. The minimum Gasteiger partial charge on any atom is -0.342 e. The van der Waals surface area contributed by atoms with Crippen molar-refractivity contribution < 1.29 is 4.79 Å². The van der Waals surface area contributed by atoms with Gasteiger partial charge in [-0.1, -0.05) is 64.1 Å². The summed E-state index contributed by atoms with van der Waals surface area (Å²) in [6.45, 7) is 12.2. The molecule has 4 rings (SSSR count). The number of fused-ring (bicyclic) bond motifs is 1. The third kappa shape index (κ3) is 4.45. The summed E-state index contributed by atoms with van der Waals surface area (Å²) in [5.41, 5.74) is 2.86. The third-order valence-electron chi connectivity index (χ3n) is 6.16. The predicted octanol–water partition coefficient (Wildman–Crippen LogP) is 3.22. The first kappa shape index (κ1) is 22.2. The fourth-order valence-electron chi connectivity index (χ4n) is 4.23. The molecule has 3 heterocycles. The van der Waals surface area contributed by atoms with E-state index >= 15 is 0 Å². The Hall–Kier alpha value is -3.03. The molecule has 1 amide bonds. The molecule has 1 unspecified atom stereocenters. The van der Waals surface area contributed by atoms with Crippen molar-refractivity contribution in [2.24, 2.45) is 5.92 Å². The minimum absolute atomic E-state index is 0.00188. The molecule has 0 saturated carbocycles.